The van der Waals surface area contributed by atoms with Gasteiger partial charge < -0.3 is 19.7 Å². The van der Waals surface area contributed by atoms with Gasteiger partial charge in [-0.05, 0) is 30.9 Å². The summed E-state index contributed by atoms with van der Waals surface area (Å²) in [4.78, 5) is 25.6. The van der Waals surface area contributed by atoms with E-state index < -0.39 is 12.1 Å². The van der Waals surface area contributed by atoms with E-state index in [1.165, 1.54) is 4.90 Å². The highest BCUT2D eigenvalue weighted by atomic mass is 19.4. The summed E-state index contributed by atoms with van der Waals surface area (Å²) in [6.45, 7) is 3.17. The minimum Gasteiger partial charge on any atom is -0.369 e. The number of piperidine rings is 1. The van der Waals surface area contributed by atoms with Crippen molar-refractivity contribution < 1.29 is 18.0 Å². The SMILES string of the molecule is CC1CCN(C(=O)N2CCC(C(F)(F)F)C2)CC1N(C)c1ccnc2[nH]ccc12. The van der Waals surface area contributed by atoms with Crippen LogP contribution < -0.4 is 4.90 Å². The molecule has 6 nitrogen and oxygen atoms in total. The molecule has 3 atom stereocenters. The average Bonchev–Trinajstić information content (AvgIpc) is 3.36. The Morgan fingerprint density at radius 2 is 1.93 bits per heavy atom. The van der Waals surface area contributed by atoms with Crippen LogP contribution in [-0.2, 0) is 0 Å². The van der Waals surface area contributed by atoms with Crippen molar-refractivity contribution >= 4 is 22.8 Å². The fraction of sp³-hybridized carbons (Fsp3) is 0.600. The molecule has 0 spiro atoms. The van der Waals surface area contributed by atoms with E-state index in [4.69, 9.17) is 0 Å². The van der Waals surface area contributed by atoms with E-state index in [0.717, 1.165) is 23.1 Å². The van der Waals surface area contributed by atoms with Crippen molar-refractivity contribution in [2.45, 2.75) is 32.0 Å². The number of hydrogen-bond donors (Lipinski definition) is 1. The largest absolute Gasteiger partial charge is 0.393 e. The molecule has 2 amide bonds. The van der Waals surface area contributed by atoms with Gasteiger partial charge in [0.15, 0.2) is 0 Å². The predicted molar refractivity (Wildman–Crippen MR) is 105 cm³/mol. The number of nitrogens with one attached hydrogen (secondary N) is 1. The van der Waals surface area contributed by atoms with Crippen LogP contribution in [0.2, 0.25) is 0 Å². The Morgan fingerprint density at radius 3 is 2.66 bits per heavy atom. The van der Waals surface area contributed by atoms with Gasteiger partial charge in [0, 0.05) is 62.7 Å². The highest BCUT2D eigenvalue weighted by Crippen LogP contribution is 2.35. The standard InChI is InChI=1S/C20H26F3N5O/c1-13-5-9-28(19(29)27-10-6-14(11-27)20(21,22)23)12-17(13)26(2)16-4-8-25-18-15(16)3-7-24-18/h3-4,7-8,13-14,17H,5-6,9-12H2,1-2H3,(H,24,25). The molecule has 0 bridgehead atoms. The number of likely N-dealkylation sites (N-methyl/N-ethyl adjacent to an activating group) is 1. The molecule has 4 heterocycles. The lowest BCUT2D eigenvalue weighted by Gasteiger charge is -2.43. The van der Waals surface area contributed by atoms with Crippen LogP contribution in [0, 0.1) is 11.8 Å². The number of pyridine rings is 1. The molecule has 0 aliphatic carbocycles. The summed E-state index contributed by atoms with van der Waals surface area (Å²) in [5, 5.41) is 1.01. The van der Waals surface area contributed by atoms with Gasteiger partial charge in [0.05, 0.1) is 5.92 Å². The number of amides is 2. The van der Waals surface area contributed by atoms with E-state index in [2.05, 4.69) is 21.8 Å². The van der Waals surface area contributed by atoms with Crippen molar-refractivity contribution in [3.63, 3.8) is 0 Å². The van der Waals surface area contributed by atoms with Gasteiger partial charge in [-0.3, -0.25) is 0 Å². The lowest BCUT2D eigenvalue weighted by molar-refractivity contribution is -0.170. The topological polar surface area (TPSA) is 55.5 Å². The number of rotatable bonds is 2. The van der Waals surface area contributed by atoms with Crippen LogP contribution in [0.4, 0.5) is 23.7 Å². The van der Waals surface area contributed by atoms with Crippen molar-refractivity contribution in [1.82, 2.24) is 19.8 Å². The van der Waals surface area contributed by atoms with E-state index in [1.54, 1.807) is 11.1 Å². The second kappa shape index (κ2) is 7.42. The Bertz CT molecular complexity index is 882. The maximum absolute atomic E-state index is 13.0. The first-order chi connectivity index (χ1) is 13.8. The summed E-state index contributed by atoms with van der Waals surface area (Å²) in [7, 11) is 2.01. The minimum atomic E-state index is -4.24. The summed E-state index contributed by atoms with van der Waals surface area (Å²) in [5.74, 6) is -1.06. The second-order valence-electron chi connectivity index (χ2n) is 8.22. The Hall–Kier alpha value is -2.45. The molecule has 2 fully saturated rings. The highest BCUT2D eigenvalue weighted by Gasteiger charge is 2.45. The van der Waals surface area contributed by atoms with Crippen LogP contribution in [0.15, 0.2) is 24.5 Å². The molecule has 0 saturated carbocycles. The fourth-order valence-corrected chi connectivity index (χ4v) is 4.56. The van der Waals surface area contributed by atoms with Gasteiger partial charge in [0.1, 0.15) is 5.65 Å². The maximum atomic E-state index is 13.0. The summed E-state index contributed by atoms with van der Waals surface area (Å²) in [6, 6.07) is 3.74. The van der Waals surface area contributed by atoms with Crippen molar-refractivity contribution in [1.29, 1.82) is 0 Å². The highest BCUT2D eigenvalue weighted by molar-refractivity contribution is 5.89. The van der Waals surface area contributed by atoms with Crippen LogP contribution >= 0.6 is 0 Å². The van der Waals surface area contributed by atoms with Gasteiger partial charge in [0.25, 0.3) is 0 Å². The molecule has 3 unspecified atom stereocenters. The monoisotopic (exact) mass is 409 g/mol. The molecule has 1 N–H and O–H groups in total. The molecule has 9 heteroatoms. The molecule has 158 valence electrons. The zero-order chi connectivity index (χ0) is 20.8. The number of H-pyrrole nitrogens is 1. The molecule has 0 aromatic carbocycles. The number of carbonyl (C=O) groups excluding carboxylic acids is 1. The van der Waals surface area contributed by atoms with Crippen LogP contribution in [0.1, 0.15) is 19.8 Å². The number of anilines is 1. The fourth-order valence-electron chi connectivity index (χ4n) is 4.56. The average molecular weight is 409 g/mol. The first-order valence-corrected chi connectivity index (χ1v) is 10.0. The van der Waals surface area contributed by atoms with E-state index in [1.807, 2.05) is 25.4 Å². The Balaban J connectivity index is 1.48. The molecule has 0 radical (unpaired) electrons. The number of aromatic amines is 1. The molecule has 2 aromatic rings. The number of halogens is 3. The lowest BCUT2D eigenvalue weighted by Crippen LogP contribution is -2.55. The number of fused-ring (bicyclic) bond motifs is 1. The number of alkyl halides is 3. The first kappa shape index (κ1) is 19.8. The number of nitrogens with zero attached hydrogens (tertiary/aromatic N) is 4. The van der Waals surface area contributed by atoms with Gasteiger partial charge in [-0.25, -0.2) is 9.78 Å². The summed E-state index contributed by atoms with van der Waals surface area (Å²) < 4.78 is 38.9. The van der Waals surface area contributed by atoms with Crippen molar-refractivity contribution in [2.75, 3.05) is 38.1 Å². The molecule has 4 rings (SSSR count). The number of carbonyl (C=O) groups is 1. The molecule has 2 aromatic heterocycles. The molecular formula is C20H26F3N5O. The maximum Gasteiger partial charge on any atom is 0.393 e. The summed E-state index contributed by atoms with van der Waals surface area (Å²) >= 11 is 0. The summed E-state index contributed by atoms with van der Waals surface area (Å²) in [5.41, 5.74) is 1.83. The molecule has 2 aliphatic heterocycles. The molecule has 2 aliphatic rings. The van der Waals surface area contributed by atoms with Crippen LogP contribution in [0.5, 0.6) is 0 Å². The molecule has 2 saturated heterocycles. The third-order valence-corrected chi connectivity index (χ3v) is 6.43. The number of hydrogen-bond acceptors (Lipinski definition) is 3. The minimum absolute atomic E-state index is 0.00863. The normalized spacial score (nSPS) is 25.6. The van der Waals surface area contributed by atoms with Gasteiger partial charge in [-0.1, -0.05) is 6.92 Å². The van der Waals surface area contributed by atoms with Crippen molar-refractivity contribution in [3.05, 3.63) is 24.5 Å². The number of urea groups is 1. The van der Waals surface area contributed by atoms with Crippen molar-refractivity contribution in [3.8, 4) is 0 Å². The van der Waals surface area contributed by atoms with E-state index in [0.29, 0.717) is 19.0 Å². The third kappa shape index (κ3) is 3.74. The van der Waals surface area contributed by atoms with Crippen LogP contribution in [0.3, 0.4) is 0 Å². The van der Waals surface area contributed by atoms with Gasteiger partial charge in [0.2, 0.25) is 0 Å². The summed E-state index contributed by atoms with van der Waals surface area (Å²) in [6.07, 6.45) is 0.170. The second-order valence-corrected chi connectivity index (χ2v) is 8.22. The van der Waals surface area contributed by atoms with Gasteiger partial charge in [-0.2, -0.15) is 13.2 Å². The zero-order valence-electron chi connectivity index (χ0n) is 16.6. The van der Waals surface area contributed by atoms with Crippen molar-refractivity contribution in [2.24, 2.45) is 11.8 Å². The number of likely N-dealkylation sites (tertiary alicyclic amines) is 2. The van der Waals surface area contributed by atoms with E-state index in [9.17, 15) is 18.0 Å². The van der Waals surface area contributed by atoms with E-state index in [-0.39, 0.29) is 31.6 Å². The smallest absolute Gasteiger partial charge is 0.369 e. The van der Waals surface area contributed by atoms with Gasteiger partial charge in [-0.15, -0.1) is 0 Å². The quantitative estimate of drug-likeness (QED) is 0.823. The van der Waals surface area contributed by atoms with Crippen LogP contribution in [-0.4, -0.2) is 71.2 Å². The van der Waals surface area contributed by atoms with Crippen LogP contribution in [0.25, 0.3) is 11.0 Å². The third-order valence-electron chi connectivity index (χ3n) is 6.43. The molecule has 29 heavy (non-hydrogen) atoms. The zero-order valence-corrected chi connectivity index (χ0v) is 16.6. The lowest BCUT2D eigenvalue weighted by atomic mass is 9.92. The Morgan fingerprint density at radius 1 is 1.21 bits per heavy atom. The Kier molecular flexibility index (Phi) is 5.08. The predicted octanol–water partition coefficient (Wildman–Crippen LogP) is 3.71. The number of aromatic nitrogens is 2. The first-order valence-electron chi connectivity index (χ1n) is 10.0. The van der Waals surface area contributed by atoms with E-state index >= 15 is 0 Å². The Labute approximate surface area is 167 Å². The molecular weight excluding hydrogens is 383 g/mol. The van der Waals surface area contributed by atoms with Gasteiger partial charge >= 0.3 is 12.2 Å².